The maximum atomic E-state index is 10.9. The van der Waals surface area contributed by atoms with Crippen molar-refractivity contribution in [1.82, 2.24) is 5.32 Å². The van der Waals surface area contributed by atoms with Crippen LogP contribution in [0.5, 0.6) is 5.75 Å². The first-order chi connectivity index (χ1) is 6.59. The molecule has 0 aliphatic rings. The molecule has 14 heavy (non-hydrogen) atoms. The van der Waals surface area contributed by atoms with Crippen molar-refractivity contribution in [3.05, 3.63) is 20.4 Å². The second kappa shape index (κ2) is 4.21. The molecule has 78 valence electrons. The summed E-state index contributed by atoms with van der Waals surface area (Å²) in [6.45, 7) is 1.17. The van der Waals surface area contributed by atoms with Crippen molar-refractivity contribution < 1.29 is 5.11 Å². The third kappa shape index (κ3) is 1.75. The number of hydrogen-bond acceptors (Lipinski definition) is 6. The molecule has 0 saturated heterocycles. The van der Waals surface area contributed by atoms with Crippen LogP contribution >= 0.6 is 0 Å². The van der Waals surface area contributed by atoms with Crippen LogP contribution in [0.3, 0.4) is 0 Å². The minimum atomic E-state index is -0.857. The zero-order valence-corrected chi connectivity index (χ0v) is 7.91. The zero-order valence-electron chi connectivity index (χ0n) is 7.91. The van der Waals surface area contributed by atoms with E-state index in [1.807, 2.05) is 0 Å². The maximum absolute atomic E-state index is 10.9. The summed E-state index contributed by atoms with van der Waals surface area (Å²) in [5.41, 5.74) is -1.65. The Hall–Kier alpha value is -1.40. The second-order valence-electron chi connectivity index (χ2n) is 3.01. The van der Waals surface area contributed by atoms with E-state index in [-0.39, 0.29) is 5.69 Å². The van der Waals surface area contributed by atoms with Gasteiger partial charge in [0.15, 0.2) is 11.4 Å². The van der Waals surface area contributed by atoms with Crippen LogP contribution in [0.2, 0.25) is 0 Å². The molecule has 0 aliphatic carbocycles. The number of nitrogens with one attached hydrogen (secondary N) is 1. The van der Waals surface area contributed by atoms with E-state index < -0.39 is 16.6 Å². The van der Waals surface area contributed by atoms with Gasteiger partial charge in [0.25, 0.3) is 10.9 Å². The van der Waals surface area contributed by atoms with Crippen molar-refractivity contribution in [3.8, 4) is 5.75 Å². The van der Waals surface area contributed by atoms with E-state index in [9.17, 15) is 9.59 Å². The van der Waals surface area contributed by atoms with E-state index in [0.29, 0.717) is 6.54 Å². The highest BCUT2D eigenvalue weighted by atomic mass is 16.3. The van der Waals surface area contributed by atoms with E-state index in [4.69, 9.17) is 10.9 Å². The van der Waals surface area contributed by atoms with Gasteiger partial charge in [-0.25, -0.2) is 5.84 Å². The monoisotopic (exact) mass is 199 g/mol. The minimum Gasteiger partial charge on any atom is -0.502 e. The van der Waals surface area contributed by atoms with Crippen molar-refractivity contribution in [2.24, 2.45) is 5.84 Å². The van der Waals surface area contributed by atoms with Crippen molar-refractivity contribution >= 4 is 5.69 Å². The standard InChI is InChI=1S/C8H13N3O3/c1-10-3-2-4-11(9)5-6(12)8(14)7(5)13/h10,12H,2-4,9H2,1H3. The Kier molecular flexibility index (Phi) is 3.21. The van der Waals surface area contributed by atoms with Crippen molar-refractivity contribution in [2.45, 2.75) is 6.42 Å². The Bertz CT molecular complexity index is 381. The van der Waals surface area contributed by atoms with Gasteiger partial charge in [-0.2, -0.15) is 0 Å². The molecule has 6 heteroatoms. The molecule has 0 amide bonds. The van der Waals surface area contributed by atoms with Gasteiger partial charge in [-0.05, 0) is 20.0 Å². The molecule has 0 fully saturated rings. The summed E-state index contributed by atoms with van der Waals surface area (Å²) in [7, 11) is 1.80. The largest absolute Gasteiger partial charge is 0.502 e. The van der Waals surface area contributed by atoms with Crippen LogP contribution in [0.25, 0.3) is 0 Å². The van der Waals surface area contributed by atoms with Crippen LogP contribution in [0.15, 0.2) is 9.59 Å². The SMILES string of the molecule is CNCCCN(N)c1c(O)c(=O)c1=O. The summed E-state index contributed by atoms with van der Waals surface area (Å²) in [5, 5.41) is 13.1. The molecule has 0 bridgehead atoms. The highest BCUT2D eigenvalue weighted by molar-refractivity contribution is 5.61. The summed E-state index contributed by atoms with van der Waals surface area (Å²) in [4.78, 5) is 21.6. The van der Waals surface area contributed by atoms with Crippen LogP contribution in [-0.2, 0) is 0 Å². The van der Waals surface area contributed by atoms with Crippen LogP contribution in [-0.4, -0.2) is 25.2 Å². The Morgan fingerprint density at radius 2 is 2.07 bits per heavy atom. The predicted molar refractivity (Wildman–Crippen MR) is 53.1 cm³/mol. The summed E-state index contributed by atoms with van der Waals surface area (Å²) in [5.74, 6) is 4.95. The summed E-state index contributed by atoms with van der Waals surface area (Å²) in [6, 6.07) is 0. The smallest absolute Gasteiger partial charge is 0.271 e. The molecule has 1 aromatic carbocycles. The first-order valence-corrected chi connectivity index (χ1v) is 4.28. The Labute approximate surface area is 80.6 Å². The molecular weight excluding hydrogens is 186 g/mol. The van der Waals surface area contributed by atoms with Crippen molar-refractivity contribution in [2.75, 3.05) is 25.1 Å². The van der Waals surface area contributed by atoms with Gasteiger partial charge in [0, 0.05) is 6.54 Å². The van der Waals surface area contributed by atoms with E-state index >= 15 is 0 Å². The van der Waals surface area contributed by atoms with Gasteiger partial charge in [-0.3, -0.25) is 9.59 Å². The summed E-state index contributed by atoms with van der Waals surface area (Å²) >= 11 is 0. The number of hydrogen-bond donors (Lipinski definition) is 3. The number of anilines is 1. The van der Waals surface area contributed by atoms with E-state index in [1.165, 1.54) is 0 Å². The van der Waals surface area contributed by atoms with Gasteiger partial charge in [0.1, 0.15) is 0 Å². The van der Waals surface area contributed by atoms with Crippen molar-refractivity contribution in [3.63, 3.8) is 0 Å². The third-order valence-corrected chi connectivity index (χ3v) is 1.97. The van der Waals surface area contributed by atoms with Crippen LogP contribution in [0.1, 0.15) is 6.42 Å². The minimum absolute atomic E-state index is 0.0777. The Morgan fingerprint density at radius 1 is 1.43 bits per heavy atom. The lowest BCUT2D eigenvalue weighted by Crippen LogP contribution is -2.44. The van der Waals surface area contributed by atoms with Crippen LogP contribution in [0.4, 0.5) is 5.69 Å². The van der Waals surface area contributed by atoms with E-state index in [0.717, 1.165) is 18.0 Å². The number of rotatable bonds is 5. The Morgan fingerprint density at radius 3 is 2.57 bits per heavy atom. The average molecular weight is 199 g/mol. The van der Waals surface area contributed by atoms with Gasteiger partial charge in [-0.1, -0.05) is 0 Å². The fourth-order valence-corrected chi connectivity index (χ4v) is 1.17. The molecule has 0 aliphatic heterocycles. The highest BCUT2D eigenvalue weighted by Gasteiger charge is 2.23. The molecule has 1 aromatic rings. The Balaban J connectivity index is 2.58. The maximum Gasteiger partial charge on any atom is 0.271 e. The number of hydrazine groups is 1. The first-order valence-electron chi connectivity index (χ1n) is 4.28. The van der Waals surface area contributed by atoms with Crippen LogP contribution in [0, 0.1) is 0 Å². The lowest BCUT2D eigenvalue weighted by molar-refractivity contribution is 0.461. The van der Waals surface area contributed by atoms with E-state index in [1.54, 1.807) is 7.05 Å². The van der Waals surface area contributed by atoms with Crippen molar-refractivity contribution in [1.29, 1.82) is 0 Å². The first kappa shape index (κ1) is 10.7. The normalized spacial score (nSPS) is 10.7. The molecule has 6 nitrogen and oxygen atoms in total. The molecule has 0 aromatic heterocycles. The van der Waals surface area contributed by atoms with Gasteiger partial charge < -0.3 is 15.4 Å². The van der Waals surface area contributed by atoms with Gasteiger partial charge in [-0.15, -0.1) is 0 Å². The summed E-state index contributed by atoms with van der Waals surface area (Å²) < 4.78 is 0. The predicted octanol–water partition coefficient (Wildman–Crippen LogP) is -1.72. The second-order valence-corrected chi connectivity index (χ2v) is 3.01. The molecule has 0 saturated carbocycles. The zero-order chi connectivity index (χ0) is 10.7. The molecule has 0 atom stereocenters. The quantitative estimate of drug-likeness (QED) is 0.226. The highest BCUT2D eigenvalue weighted by Crippen LogP contribution is 2.17. The van der Waals surface area contributed by atoms with Gasteiger partial charge in [0.2, 0.25) is 0 Å². The van der Waals surface area contributed by atoms with Gasteiger partial charge >= 0.3 is 0 Å². The number of nitrogens with zero attached hydrogens (tertiary/aromatic N) is 1. The lowest BCUT2D eigenvalue weighted by Gasteiger charge is -2.19. The lowest BCUT2D eigenvalue weighted by atomic mass is 10.2. The molecular formula is C8H13N3O3. The van der Waals surface area contributed by atoms with E-state index in [2.05, 4.69) is 5.32 Å². The molecule has 4 N–H and O–H groups in total. The molecule has 0 spiro atoms. The molecule has 1 rings (SSSR count). The summed E-state index contributed by atoms with van der Waals surface area (Å²) in [6.07, 6.45) is 0.727. The third-order valence-electron chi connectivity index (χ3n) is 1.97. The fraction of sp³-hybridized carbons (Fsp3) is 0.500. The molecule has 0 radical (unpaired) electrons. The number of aromatic hydroxyl groups is 1. The number of nitrogens with two attached hydrogens (primary N) is 1. The van der Waals surface area contributed by atoms with Gasteiger partial charge in [0.05, 0.1) is 0 Å². The average Bonchev–Trinajstić information content (AvgIpc) is 2.18. The molecule has 0 unspecified atom stereocenters. The van der Waals surface area contributed by atoms with Crippen LogP contribution < -0.4 is 27.0 Å². The fourth-order valence-electron chi connectivity index (χ4n) is 1.17. The molecule has 0 heterocycles. The topological polar surface area (TPSA) is 95.7 Å².